The van der Waals surface area contributed by atoms with Crippen molar-refractivity contribution in [2.24, 2.45) is 0 Å². The Morgan fingerprint density at radius 3 is 2.14 bits per heavy atom. The molecule has 1 aliphatic carbocycles. The Morgan fingerprint density at radius 2 is 1.47 bits per heavy atom. The highest BCUT2D eigenvalue weighted by molar-refractivity contribution is 6.25. The van der Waals surface area contributed by atoms with Crippen LogP contribution in [0.25, 0.3) is 10.8 Å². The molecule has 6 heteroatoms. The van der Waals surface area contributed by atoms with Gasteiger partial charge in [-0.15, -0.1) is 0 Å². The summed E-state index contributed by atoms with van der Waals surface area (Å²) in [6, 6.07) is 26.8. The Bertz CT molecular complexity index is 1460. The first-order chi connectivity index (χ1) is 17.6. The van der Waals surface area contributed by atoms with Crippen LogP contribution in [0, 0.1) is 0 Å². The van der Waals surface area contributed by atoms with E-state index in [0.29, 0.717) is 28.5 Å². The van der Waals surface area contributed by atoms with Crippen molar-refractivity contribution in [3.63, 3.8) is 0 Å². The third-order valence-corrected chi connectivity index (χ3v) is 7.05. The second-order valence-electron chi connectivity index (χ2n) is 9.04. The molecule has 0 N–H and O–H groups in total. The molecule has 2 amide bonds. The quantitative estimate of drug-likeness (QED) is 0.298. The molecule has 36 heavy (non-hydrogen) atoms. The molecular weight excluding hydrogens is 454 g/mol. The van der Waals surface area contributed by atoms with Crippen LogP contribution in [0.15, 0.2) is 91.0 Å². The van der Waals surface area contributed by atoms with Crippen LogP contribution in [0.5, 0.6) is 0 Å². The number of amides is 2. The van der Waals surface area contributed by atoms with E-state index in [1.165, 1.54) is 12.0 Å². The van der Waals surface area contributed by atoms with Gasteiger partial charge < -0.3 is 9.47 Å². The van der Waals surface area contributed by atoms with Gasteiger partial charge in [0.1, 0.15) is 12.1 Å². The summed E-state index contributed by atoms with van der Waals surface area (Å²) < 4.78 is 11.5. The lowest BCUT2D eigenvalue weighted by Crippen LogP contribution is -2.46. The first-order valence-corrected chi connectivity index (χ1v) is 11.8. The Labute approximate surface area is 208 Å². The molecule has 0 radical (unpaired) electrons. The minimum absolute atomic E-state index is 0.390. The Kier molecular flexibility index (Phi) is 5.38. The summed E-state index contributed by atoms with van der Waals surface area (Å²) >= 11 is 0. The lowest BCUT2D eigenvalue weighted by Gasteiger charge is -2.35. The van der Waals surface area contributed by atoms with E-state index in [9.17, 15) is 14.4 Å². The molecule has 0 aromatic heterocycles. The third-order valence-electron chi connectivity index (χ3n) is 7.05. The van der Waals surface area contributed by atoms with Crippen molar-refractivity contribution in [1.82, 2.24) is 4.90 Å². The minimum Gasteiger partial charge on any atom is -0.457 e. The number of carbonyl (C=O) groups is 3. The Balaban J connectivity index is 1.40. The normalized spacial score (nSPS) is 19.3. The number of benzene rings is 4. The molecule has 0 saturated carbocycles. The van der Waals surface area contributed by atoms with Crippen LogP contribution in [-0.4, -0.2) is 35.9 Å². The topological polar surface area (TPSA) is 72.9 Å². The summed E-state index contributed by atoms with van der Waals surface area (Å²) in [4.78, 5) is 42.1. The fourth-order valence-corrected chi connectivity index (χ4v) is 5.46. The van der Waals surface area contributed by atoms with E-state index in [0.717, 1.165) is 16.5 Å². The van der Waals surface area contributed by atoms with Crippen LogP contribution < -0.4 is 0 Å². The lowest BCUT2D eigenvalue weighted by atomic mass is 9.92. The summed E-state index contributed by atoms with van der Waals surface area (Å²) in [5.74, 6) is -1.34. The number of nitrogens with zero attached hydrogens (tertiary/aromatic N) is 1. The largest absolute Gasteiger partial charge is 0.457 e. The monoisotopic (exact) mass is 477 g/mol. The van der Waals surface area contributed by atoms with Gasteiger partial charge in [-0.05, 0) is 34.2 Å². The number of carbonyl (C=O) groups excluding carboxylic acids is 3. The summed E-state index contributed by atoms with van der Waals surface area (Å²) in [7, 11) is 1.45. The standard InChI is InChI=1S/C30H23NO5/c1-35-27(19-9-3-2-4-10-19)30(34)36-24-17-20-11-5-6-14-21(20)26(24)31-28(32)22-15-7-12-18-13-8-16-23(25(18)22)29(31)33/h2-16,24,26-27H,17H2,1H3/t24-,26+,27+/m0/s1. The van der Waals surface area contributed by atoms with Gasteiger partial charge in [0.15, 0.2) is 6.10 Å². The fraction of sp³-hybridized carbons (Fsp3) is 0.167. The smallest absolute Gasteiger partial charge is 0.340 e. The number of imide groups is 1. The number of esters is 1. The van der Waals surface area contributed by atoms with Crippen molar-refractivity contribution >= 4 is 28.6 Å². The molecule has 2 aliphatic rings. The highest BCUT2D eigenvalue weighted by Gasteiger charge is 2.47. The molecule has 4 aromatic rings. The summed E-state index contributed by atoms with van der Waals surface area (Å²) in [6.45, 7) is 0. The molecule has 178 valence electrons. The minimum atomic E-state index is -0.919. The van der Waals surface area contributed by atoms with Gasteiger partial charge in [0.2, 0.25) is 0 Å². The molecule has 0 fully saturated rings. The van der Waals surface area contributed by atoms with Crippen molar-refractivity contribution in [3.05, 3.63) is 119 Å². The second kappa shape index (κ2) is 8.73. The molecule has 1 heterocycles. The van der Waals surface area contributed by atoms with Crippen molar-refractivity contribution in [2.45, 2.75) is 24.7 Å². The molecule has 0 bridgehead atoms. The van der Waals surface area contributed by atoms with Gasteiger partial charge in [-0.25, -0.2) is 4.79 Å². The van der Waals surface area contributed by atoms with Gasteiger partial charge in [-0.2, -0.15) is 0 Å². The second-order valence-corrected chi connectivity index (χ2v) is 9.04. The Hall–Kier alpha value is -4.29. The van der Waals surface area contributed by atoms with Gasteiger partial charge in [0.25, 0.3) is 11.8 Å². The summed E-state index contributed by atoms with van der Waals surface area (Å²) in [6.07, 6.45) is -1.27. The molecule has 3 atom stereocenters. The van der Waals surface area contributed by atoms with Crippen LogP contribution in [-0.2, 0) is 20.7 Å². The predicted octanol–water partition coefficient (Wildman–Crippen LogP) is 5.03. The molecule has 0 spiro atoms. The number of hydrogen-bond acceptors (Lipinski definition) is 5. The lowest BCUT2D eigenvalue weighted by molar-refractivity contribution is -0.163. The van der Waals surface area contributed by atoms with Gasteiger partial charge in [-0.3, -0.25) is 14.5 Å². The highest BCUT2D eigenvalue weighted by Crippen LogP contribution is 2.42. The molecule has 0 unspecified atom stereocenters. The fourth-order valence-electron chi connectivity index (χ4n) is 5.46. The van der Waals surface area contributed by atoms with E-state index in [2.05, 4.69) is 0 Å². The Morgan fingerprint density at radius 1 is 0.833 bits per heavy atom. The van der Waals surface area contributed by atoms with Crippen molar-refractivity contribution in [3.8, 4) is 0 Å². The van der Waals surface area contributed by atoms with Gasteiger partial charge in [0.05, 0.1) is 0 Å². The molecular formula is C30H23NO5. The molecule has 6 rings (SSSR count). The van der Waals surface area contributed by atoms with Crippen LogP contribution in [0.3, 0.4) is 0 Å². The van der Waals surface area contributed by atoms with E-state index >= 15 is 0 Å². The van der Waals surface area contributed by atoms with Crippen LogP contribution in [0.4, 0.5) is 0 Å². The summed E-state index contributed by atoms with van der Waals surface area (Å²) in [5.41, 5.74) is 3.35. The summed E-state index contributed by atoms with van der Waals surface area (Å²) in [5, 5.41) is 1.50. The number of hydrogen-bond donors (Lipinski definition) is 0. The van der Waals surface area contributed by atoms with E-state index in [-0.39, 0.29) is 0 Å². The molecule has 6 nitrogen and oxygen atoms in total. The maximum absolute atomic E-state index is 13.8. The van der Waals surface area contributed by atoms with E-state index in [1.807, 2.05) is 66.7 Å². The predicted molar refractivity (Wildman–Crippen MR) is 133 cm³/mol. The maximum atomic E-state index is 13.8. The van der Waals surface area contributed by atoms with Crippen LogP contribution in [0.1, 0.15) is 49.6 Å². The van der Waals surface area contributed by atoms with E-state index < -0.39 is 36.0 Å². The average Bonchev–Trinajstić information content (AvgIpc) is 3.26. The average molecular weight is 478 g/mol. The maximum Gasteiger partial charge on any atom is 0.340 e. The number of ether oxygens (including phenoxy) is 2. The van der Waals surface area contributed by atoms with E-state index in [1.54, 1.807) is 24.3 Å². The van der Waals surface area contributed by atoms with Gasteiger partial charge in [-0.1, -0.05) is 78.9 Å². The highest BCUT2D eigenvalue weighted by atomic mass is 16.6. The third kappa shape index (κ3) is 3.41. The zero-order chi connectivity index (χ0) is 24.8. The number of rotatable bonds is 5. The van der Waals surface area contributed by atoms with Crippen molar-refractivity contribution in [1.29, 1.82) is 0 Å². The van der Waals surface area contributed by atoms with Gasteiger partial charge >= 0.3 is 5.97 Å². The van der Waals surface area contributed by atoms with E-state index in [4.69, 9.17) is 9.47 Å². The zero-order valence-electron chi connectivity index (χ0n) is 19.6. The van der Waals surface area contributed by atoms with Gasteiger partial charge in [0, 0.05) is 30.0 Å². The van der Waals surface area contributed by atoms with Crippen molar-refractivity contribution in [2.75, 3.05) is 7.11 Å². The van der Waals surface area contributed by atoms with Crippen LogP contribution in [0.2, 0.25) is 0 Å². The zero-order valence-corrected chi connectivity index (χ0v) is 19.6. The SMILES string of the molecule is CO[C@@H](C(=O)O[C@H]1Cc2ccccc2[C@H]1N1C(=O)c2cccc3cccc(c23)C1=O)c1ccccc1. The van der Waals surface area contributed by atoms with Crippen LogP contribution >= 0.6 is 0 Å². The molecule has 0 saturated heterocycles. The number of fused-ring (bicyclic) bond motifs is 1. The number of methoxy groups -OCH3 is 1. The molecule has 4 aromatic carbocycles. The first kappa shape index (κ1) is 22.2. The molecule has 1 aliphatic heterocycles. The van der Waals surface area contributed by atoms with Crippen molar-refractivity contribution < 1.29 is 23.9 Å². The first-order valence-electron chi connectivity index (χ1n) is 11.8.